The van der Waals surface area contributed by atoms with Crippen LogP contribution in [-0.2, 0) is 4.79 Å². The summed E-state index contributed by atoms with van der Waals surface area (Å²) < 4.78 is 1.56. The first-order valence-corrected chi connectivity index (χ1v) is 10.0. The first kappa shape index (κ1) is 19.1. The Kier molecular flexibility index (Phi) is 4.84. The highest BCUT2D eigenvalue weighted by molar-refractivity contribution is 8.14. The number of fused-ring (bicyclic) bond motifs is 1. The molecule has 0 saturated heterocycles. The monoisotopic (exact) mass is 404 g/mol. The van der Waals surface area contributed by atoms with Crippen LogP contribution in [0.1, 0.15) is 35.3 Å². The molecule has 0 N–H and O–H groups in total. The molecule has 1 aliphatic rings. The van der Waals surface area contributed by atoms with Gasteiger partial charge in [-0.2, -0.15) is 10.1 Å². The molecule has 0 radical (unpaired) electrons. The van der Waals surface area contributed by atoms with Crippen LogP contribution in [0, 0.1) is 13.8 Å². The third-order valence-electron chi connectivity index (χ3n) is 4.62. The molecular weight excluding hydrogens is 384 g/mol. The summed E-state index contributed by atoms with van der Waals surface area (Å²) in [6.07, 6.45) is 0. The average molecular weight is 404 g/mol. The highest BCUT2D eigenvalue weighted by atomic mass is 32.2. The lowest BCUT2D eigenvalue weighted by molar-refractivity contribution is -0.116. The summed E-state index contributed by atoms with van der Waals surface area (Å²) in [7, 11) is 0. The summed E-state index contributed by atoms with van der Waals surface area (Å²) >= 11 is 1.35. The van der Waals surface area contributed by atoms with Crippen LogP contribution in [-0.4, -0.2) is 26.4 Å². The van der Waals surface area contributed by atoms with Gasteiger partial charge in [-0.1, -0.05) is 59.7 Å². The molecule has 0 saturated carbocycles. The lowest BCUT2D eigenvalue weighted by Gasteiger charge is -2.21. The van der Waals surface area contributed by atoms with Gasteiger partial charge in [0.2, 0.25) is 11.8 Å². The summed E-state index contributed by atoms with van der Waals surface area (Å²) in [5.41, 5.74) is 3.94. The first-order valence-electron chi connectivity index (χ1n) is 9.20. The third-order valence-corrected chi connectivity index (χ3v) is 5.69. The quantitative estimate of drug-likeness (QED) is 0.624. The predicted octanol–water partition coefficient (Wildman–Crippen LogP) is 4.65. The van der Waals surface area contributed by atoms with Crippen molar-refractivity contribution in [1.82, 2.24) is 9.55 Å². The summed E-state index contributed by atoms with van der Waals surface area (Å²) in [5.74, 6) is 0.445. The number of aryl methyl sites for hydroxylation is 2. The summed E-state index contributed by atoms with van der Waals surface area (Å²) in [6, 6.07) is 15.7. The van der Waals surface area contributed by atoms with Crippen molar-refractivity contribution < 1.29 is 9.59 Å². The number of carbonyl (C=O) groups is 2. The maximum atomic E-state index is 12.6. The Morgan fingerprint density at radius 1 is 0.828 bits per heavy atom. The smallest absolute Gasteiger partial charge is 0.245 e. The van der Waals surface area contributed by atoms with Gasteiger partial charge in [-0.15, -0.1) is 0 Å². The molecule has 2 heterocycles. The highest BCUT2D eigenvalue weighted by Crippen LogP contribution is 2.40. The number of amides is 1. The SMILES string of the molecule is CC(=O)N1N=C(c2ccc(C)cc2)Sc2c1nc(-c1ccc(C)cc1)n2C(C)=O. The zero-order valence-corrected chi connectivity index (χ0v) is 17.4. The van der Waals surface area contributed by atoms with Gasteiger partial charge in [0.25, 0.3) is 0 Å². The number of nitrogens with zero attached hydrogens (tertiary/aromatic N) is 4. The fourth-order valence-corrected chi connectivity index (χ4v) is 4.18. The van der Waals surface area contributed by atoms with E-state index >= 15 is 0 Å². The maximum Gasteiger partial charge on any atom is 0.245 e. The number of hydrogen-bond donors (Lipinski definition) is 0. The molecule has 0 unspecified atom stereocenters. The summed E-state index contributed by atoms with van der Waals surface area (Å²) in [5, 5.41) is 7.03. The molecular formula is C22H20N4O2S. The molecule has 6 nitrogen and oxygen atoms in total. The third kappa shape index (κ3) is 3.49. The largest absolute Gasteiger partial charge is 0.274 e. The van der Waals surface area contributed by atoms with E-state index in [2.05, 4.69) is 10.1 Å². The van der Waals surface area contributed by atoms with Gasteiger partial charge in [0.15, 0.2) is 5.82 Å². The van der Waals surface area contributed by atoms with Gasteiger partial charge in [0.05, 0.1) is 0 Å². The van der Waals surface area contributed by atoms with Crippen molar-refractivity contribution in [2.75, 3.05) is 5.01 Å². The van der Waals surface area contributed by atoms with Gasteiger partial charge in [-0.3, -0.25) is 14.2 Å². The standard InChI is InChI=1S/C22H20N4O2S/c1-13-5-9-17(10-6-13)19-23-20-22(25(19)15(3)27)29-21(24-26(20)16(4)28)18-11-7-14(2)8-12-18/h5-12H,1-4H3. The van der Waals surface area contributed by atoms with Crippen LogP contribution in [0.25, 0.3) is 11.4 Å². The molecule has 1 aromatic heterocycles. The number of aromatic nitrogens is 2. The molecule has 0 spiro atoms. The zero-order valence-electron chi connectivity index (χ0n) is 16.6. The Morgan fingerprint density at radius 2 is 1.38 bits per heavy atom. The molecule has 4 rings (SSSR count). The van der Waals surface area contributed by atoms with Gasteiger partial charge in [0.1, 0.15) is 15.9 Å². The number of anilines is 1. The van der Waals surface area contributed by atoms with E-state index in [4.69, 9.17) is 0 Å². The number of thioether (sulfide) groups is 1. The first-order chi connectivity index (χ1) is 13.8. The van der Waals surface area contributed by atoms with Crippen molar-refractivity contribution >= 4 is 34.4 Å². The normalized spacial score (nSPS) is 13.1. The molecule has 0 bridgehead atoms. The molecule has 1 aliphatic heterocycles. The zero-order chi connectivity index (χ0) is 20.7. The number of rotatable bonds is 2. The predicted molar refractivity (Wildman–Crippen MR) is 115 cm³/mol. The second-order valence-corrected chi connectivity index (χ2v) is 7.97. The molecule has 1 amide bonds. The van der Waals surface area contributed by atoms with Crippen LogP contribution < -0.4 is 5.01 Å². The molecule has 0 fully saturated rings. The molecule has 0 atom stereocenters. The number of hydrazone groups is 1. The van der Waals surface area contributed by atoms with Crippen LogP contribution >= 0.6 is 11.8 Å². The van der Waals surface area contributed by atoms with E-state index in [9.17, 15) is 9.59 Å². The molecule has 7 heteroatoms. The molecule has 0 aliphatic carbocycles. The maximum absolute atomic E-state index is 12.6. The van der Waals surface area contributed by atoms with Crippen LogP contribution in [0.2, 0.25) is 0 Å². The van der Waals surface area contributed by atoms with Gasteiger partial charge in [-0.05, 0) is 25.6 Å². The molecule has 29 heavy (non-hydrogen) atoms. The minimum atomic E-state index is -0.264. The number of imidazole rings is 1. The van der Waals surface area contributed by atoms with Gasteiger partial charge < -0.3 is 0 Å². The molecule has 2 aromatic carbocycles. The summed E-state index contributed by atoms with van der Waals surface area (Å²) in [6.45, 7) is 6.95. The second kappa shape index (κ2) is 7.33. The average Bonchev–Trinajstić information content (AvgIpc) is 3.07. The Morgan fingerprint density at radius 3 is 1.90 bits per heavy atom. The minimum absolute atomic E-state index is 0.171. The van der Waals surface area contributed by atoms with Crippen molar-refractivity contribution in [3.05, 3.63) is 65.2 Å². The number of benzene rings is 2. The van der Waals surface area contributed by atoms with Crippen LogP contribution in [0.15, 0.2) is 58.7 Å². The van der Waals surface area contributed by atoms with Crippen molar-refractivity contribution in [2.45, 2.75) is 32.7 Å². The fraction of sp³-hybridized carbons (Fsp3) is 0.182. The molecule has 146 valence electrons. The van der Waals surface area contributed by atoms with Crippen molar-refractivity contribution in [3.63, 3.8) is 0 Å². The van der Waals surface area contributed by atoms with E-state index in [-0.39, 0.29) is 11.8 Å². The lowest BCUT2D eigenvalue weighted by Crippen LogP contribution is -2.28. The van der Waals surface area contributed by atoms with E-state index in [1.807, 2.05) is 62.4 Å². The second-order valence-electron chi connectivity index (χ2n) is 6.99. The van der Waals surface area contributed by atoms with E-state index in [1.54, 1.807) is 4.57 Å². The van der Waals surface area contributed by atoms with Crippen molar-refractivity contribution in [1.29, 1.82) is 0 Å². The Labute approximate surface area is 173 Å². The Balaban J connectivity index is 1.89. The number of carbonyl (C=O) groups excluding carboxylic acids is 2. The minimum Gasteiger partial charge on any atom is -0.274 e. The van der Waals surface area contributed by atoms with Crippen LogP contribution in [0.3, 0.4) is 0 Å². The summed E-state index contributed by atoms with van der Waals surface area (Å²) in [4.78, 5) is 29.5. The van der Waals surface area contributed by atoms with Crippen molar-refractivity contribution in [3.8, 4) is 11.4 Å². The van der Waals surface area contributed by atoms with Crippen LogP contribution in [0.5, 0.6) is 0 Å². The Hall–Kier alpha value is -3.19. The van der Waals surface area contributed by atoms with Gasteiger partial charge in [0, 0.05) is 25.0 Å². The van der Waals surface area contributed by atoms with E-state index in [0.29, 0.717) is 21.7 Å². The van der Waals surface area contributed by atoms with E-state index in [0.717, 1.165) is 22.3 Å². The lowest BCUT2D eigenvalue weighted by atomic mass is 10.1. The van der Waals surface area contributed by atoms with E-state index < -0.39 is 0 Å². The topological polar surface area (TPSA) is 67.6 Å². The highest BCUT2D eigenvalue weighted by Gasteiger charge is 2.32. The Bertz CT molecular complexity index is 1140. The fourth-order valence-electron chi connectivity index (χ4n) is 3.09. The number of hydrogen-bond acceptors (Lipinski definition) is 5. The van der Waals surface area contributed by atoms with Crippen LogP contribution in [0.4, 0.5) is 5.82 Å². The van der Waals surface area contributed by atoms with E-state index in [1.165, 1.54) is 30.6 Å². The van der Waals surface area contributed by atoms with Gasteiger partial charge in [-0.25, -0.2) is 4.98 Å². The van der Waals surface area contributed by atoms with Gasteiger partial charge >= 0.3 is 0 Å². The van der Waals surface area contributed by atoms with Crippen molar-refractivity contribution in [2.24, 2.45) is 5.10 Å². The molecule has 3 aromatic rings.